The molecule has 1 N–H and O–H groups in total. The second-order valence-electron chi connectivity index (χ2n) is 4.73. The molecule has 1 aromatic heterocycles. The first-order valence-corrected chi connectivity index (χ1v) is 5.66. The van der Waals surface area contributed by atoms with E-state index in [9.17, 15) is 5.11 Å². The number of hydrogen-bond acceptors (Lipinski definition) is 3. The van der Waals surface area contributed by atoms with Crippen LogP contribution in [0.25, 0.3) is 0 Å². The maximum atomic E-state index is 9.37. The number of nitrogens with zero attached hydrogens (tertiary/aromatic N) is 2. The van der Waals surface area contributed by atoms with Crippen molar-refractivity contribution >= 4 is 5.82 Å². The molecular formula is C12H16N2O. The van der Waals surface area contributed by atoms with Gasteiger partial charge in [0.05, 0.1) is 6.10 Å². The Morgan fingerprint density at radius 2 is 2.27 bits per heavy atom. The molecule has 1 saturated carbocycles. The highest BCUT2D eigenvalue weighted by atomic mass is 16.3. The molecule has 1 aliphatic heterocycles. The van der Waals surface area contributed by atoms with Gasteiger partial charge in [0.2, 0.25) is 0 Å². The summed E-state index contributed by atoms with van der Waals surface area (Å²) in [5, 5.41) is 9.37. The van der Waals surface area contributed by atoms with Crippen molar-refractivity contribution in [2.24, 2.45) is 0 Å². The minimum absolute atomic E-state index is 0.0880. The Labute approximate surface area is 89.7 Å². The van der Waals surface area contributed by atoms with Crippen LogP contribution in [0.1, 0.15) is 25.3 Å². The van der Waals surface area contributed by atoms with Crippen LogP contribution in [0.5, 0.6) is 0 Å². The van der Waals surface area contributed by atoms with Gasteiger partial charge in [-0.3, -0.25) is 0 Å². The van der Waals surface area contributed by atoms with E-state index in [1.165, 1.54) is 5.56 Å². The highest BCUT2D eigenvalue weighted by Gasteiger charge is 2.39. The Balaban J connectivity index is 1.89. The van der Waals surface area contributed by atoms with Gasteiger partial charge in [-0.05, 0) is 37.8 Å². The van der Waals surface area contributed by atoms with Gasteiger partial charge in [-0.2, -0.15) is 0 Å². The molecule has 0 bridgehead atoms. The summed E-state index contributed by atoms with van der Waals surface area (Å²) < 4.78 is 0. The largest absolute Gasteiger partial charge is 0.393 e. The molecule has 3 heteroatoms. The molecule has 15 heavy (non-hydrogen) atoms. The molecule has 1 atom stereocenters. The fourth-order valence-electron chi connectivity index (χ4n) is 2.77. The van der Waals surface area contributed by atoms with Gasteiger partial charge in [0.25, 0.3) is 0 Å². The molecule has 3 nitrogen and oxygen atoms in total. The Bertz CT molecular complexity index is 374. The van der Waals surface area contributed by atoms with Crippen molar-refractivity contribution in [2.75, 3.05) is 4.90 Å². The summed E-state index contributed by atoms with van der Waals surface area (Å²) in [6.07, 6.45) is 4.67. The Kier molecular flexibility index (Phi) is 1.96. The molecule has 0 saturated heterocycles. The van der Waals surface area contributed by atoms with Crippen LogP contribution in [0.2, 0.25) is 0 Å². The summed E-state index contributed by atoms with van der Waals surface area (Å²) in [6, 6.07) is 5.21. The Morgan fingerprint density at radius 1 is 1.47 bits per heavy atom. The molecule has 0 amide bonds. The van der Waals surface area contributed by atoms with E-state index < -0.39 is 0 Å². The second-order valence-corrected chi connectivity index (χ2v) is 4.73. The molecule has 1 aromatic rings. The molecule has 0 radical (unpaired) electrons. The third kappa shape index (κ3) is 1.34. The lowest BCUT2D eigenvalue weighted by Gasteiger charge is -2.41. The molecule has 2 heterocycles. The van der Waals surface area contributed by atoms with E-state index in [0.717, 1.165) is 25.1 Å². The summed E-state index contributed by atoms with van der Waals surface area (Å²) in [5.74, 6) is 1.14. The summed E-state index contributed by atoms with van der Waals surface area (Å²) in [4.78, 5) is 6.85. The molecule has 80 valence electrons. The van der Waals surface area contributed by atoms with Crippen molar-refractivity contribution in [3.8, 4) is 0 Å². The van der Waals surface area contributed by atoms with E-state index in [1.54, 1.807) is 0 Å². The molecule has 3 rings (SSSR count). The van der Waals surface area contributed by atoms with Gasteiger partial charge in [-0.1, -0.05) is 6.07 Å². The molecule has 1 fully saturated rings. The molecule has 0 spiro atoms. The fraction of sp³-hybridized carbons (Fsp3) is 0.583. The maximum Gasteiger partial charge on any atom is 0.132 e. The normalized spacial score (nSPS) is 33.7. The molecule has 2 aliphatic rings. The minimum Gasteiger partial charge on any atom is -0.393 e. The first-order chi connectivity index (χ1) is 7.25. The van der Waals surface area contributed by atoms with Gasteiger partial charge in [0.15, 0.2) is 0 Å². The highest BCUT2D eigenvalue weighted by molar-refractivity contribution is 5.54. The van der Waals surface area contributed by atoms with Crippen LogP contribution in [0.4, 0.5) is 5.82 Å². The lowest BCUT2D eigenvalue weighted by molar-refractivity contribution is 0.0714. The Morgan fingerprint density at radius 3 is 3.00 bits per heavy atom. The van der Waals surface area contributed by atoms with Crippen LogP contribution in [-0.2, 0) is 6.42 Å². The van der Waals surface area contributed by atoms with E-state index in [1.807, 2.05) is 12.3 Å². The van der Waals surface area contributed by atoms with E-state index in [0.29, 0.717) is 12.1 Å². The zero-order valence-electron chi connectivity index (χ0n) is 8.93. The van der Waals surface area contributed by atoms with Gasteiger partial charge in [-0.25, -0.2) is 4.98 Å². The average molecular weight is 204 g/mol. The lowest BCUT2D eigenvalue weighted by atomic mass is 9.87. The summed E-state index contributed by atoms with van der Waals surface area (Å²) in [7, 11) is 0. The van der Waals surface area contributed by atoms with Gasteiger partial charge < -0.3 is 10.0 Å². The third-order valence-corrected chi connectivity index (χ3v) is 3.58. The third-order valence-electron chi connectivity index (χ3n) is 3.58. The number of aliphatic hydroxyl groups is 1. The summed E-state index contributed by atoms with van der Waals surface area (Å²) in [5.41, 5.74) is 1.35. The number of aromatic nitrogens is 1. The SMILES string of the molecule is CC1Cc2cccnc2N1C1CC(O)C1. The van der Waals surface area contributed by atoms with Gasteiger partial charge in [0, 0.05) is 18.3 Å². The van der Waals surface area contributed by atoms with Gasteiger partial charge >= 0.3 is 0 Å². The predicted molar refractivity (Wildman–Crippen MR) is 58.9 cm³/mol. The number of rotatable bonds is 1. The van der Waals surface area contributed by atoms with Gasteiger partial charge in [0.1, 0.15) is 5.82 Å². The molecular weight excluding hydrogens is 188 g/mol. The van der Waals surface area contributed by atoms with E-state index >= 15 is 0 Å². The quantitative estimate of drug-likeness (QED) is 0.750. The smallest absolute Gasteiger partial charge is 0.132 e. The van der Waals surface area contributed by atoms with E-state index in [2.05, 4.69) is 22.9 Å². The monoisotopic (exact) mass is 204 g/mol. The van der Waals surface area contributed by atoms with Gasteiger partial charge in [-0.15, -0.1) is 0 Å². The predicted octanol–water partition coefficient (Wildman–Crippen LogP) is 1.36. The Hall–Kier alpha value is -1.09. The summed E-state index contributed by atoms with van der Waals surface area (Å²) >= 11 is 0. The number of anilines is 1. The van der Waals surface area contributed by atoms with Crippen molar-refractivity contribution in [2.45, 2.75) is 44.4 Å². The first kappa shape index (κ1) is 9.16. The zero-order chi connectivity index (χ0) is 10.4. The van der Waals surface area contributed by atoms with Crippen LogP contribution < -0.4 is 4.90 Å². The number of fused-ring (bicyclic) bond motifs is 1. The second kappa shape index (κ2) is 3.20. The van der Waals surface area contributed by atoms with E-state index in [-0.39, 0.29) is 6.10 Å². The number of pyridine rings is 1. The maximum absolute atomic E-state index is 9.37. The van der Waals surface area contributed by atoms with Crippen LogP contribution in [-0.4, -0.2) is 28.3 Å². The number of hydrogen-bond donors (Lipinski definition) is 1. The fourth-order valence-corrected chi connectivity index (χ4v) is 2.77. The van der Waals surface area contributed by atoms with Crippen LogP contribution in [0, 0.1) is 0 Å². The molecule has 1 unspecified atom stereocenters. The topological polar surface area (TPSA) is 36.4 Å². The first-order valence-electron chi connectivity index (χ1n) is 5.66. The number of aliphatic hydroxyl groups excluding tert-OH is 1. The minimum atomic E-state index is -0.0880. The van der Waals surface area contributed by atoms with Crippen molar-refractivity contribution in [1.29, 1.82) is 0 Å². The van der Waals surface area contributed by atoms with Crippen LogP contribution in [0.15, 0.2) is 18.3 Å². The average Bonchev–Trinajstić information content (AvgIpc) is 2.49. The molecule has 0 aromatic carbocycles. The van der Waals surface area contributed by atoms with Crippen LogP contribution >= 0.6 is 0 Å². The van der Waals surface area contributed by atoms with Crippen LogP contribution in [0.3, 0.4) is 0 Å². The van der Waals surface area contributed by atoms with Crippen molar-refractivity contribution in [3.63, 3.8) is 0 Å². The zero-order valence-corrected chi connectivity index (χ0v) is 8.93. The van der Waals surface area contributed by atoms with Crippen molar-refractivity contribution < 1.29 is 5.11 Å². The molecule has 1 aliphatic carbocycles. The summed E-state index contributed by atoms with van der Waals surface area (Å²) in [6.45, 7) is 2.24. The van der Waals surface area contributed by atoms with Crippen molar-refractivity contribution in [1.82, 2.24) is 4.98 Å². The standard InChI is InChI=1S/C12H16N2O/c1-8-5-9-3-2-4-13-12(9)14(8)10-6-11(15)7-10/h2-4,8,10-11,15H,5-7H2,1H3. The van der Waals surface area contributed by atoms with Crippen molar-refractivity contribution in [3.05, 3.63) is 23.9 Å². The van der Waals surface area contributed by atoms with E-state index in [4.69, 9.17) is 0 Å². The lowest BCUT2D eigenvalue weighted by Crippen LogP contribution is -2.49. The highest BCUT2D eigenvalue weighted by Crippen LogP contribution is 2.37.